The number of hydrogen-bond donors (Lipinski definition) is 0. The molecule has 3 heteroatoms. The van der Waals surface area contributed by atoms with E-state index in [9.17, 15) is 0 Å². The highest BCUT2D eigenvalue weighted by atomic mass is 19.1. The minimum atomic E-state index is -0.658. The average Bonchev–Trinajstić information content (AvgIpc) is 1.63. The van der Waals surface area contributed by atoms with Crippen molar-refractivity contribution in [2.45, 2.75) is 135 Å². The summed E-state index contributed by atoms with van der Waals surface area (Å²) in [5.74, 6) is -0.614. The van der Waals surface area contributed by atoms with Crippen molar-refractivity contribution >= 4 is 0 Å². The predicted molar refractivity (Wildman–Crippen MR) is 347 cm³/mol. The molecule has 0 bridgehead atoms. The summed E-state index contributed by atoms with van der Waals surface area (Å²) in [7, 11) is 0. The van der Waals surface area contributed by atoms with Crippen LogP contribution in [0.5, 0.6) is 0 Å². The van der Waals surface area contributed by atoms with Gasteiger partial charge in [-0.3, -0.25) is 0 Å². The summed E-state index contributed by atoms with van der Waals surface area (Å²) in [6.45, 7) is 28.4. The zero-order valence-electron chi connectivity index (χ0n) is 51.0. The quantitative estimate of drug-likeness (QED) is 0.135. The van der Waals surface area contributed by atoms with E-state index in [0.29, 0.717) is 24.0 Å². The average molecular weight is 1110 g/mol. The van der Waals surface area contributed by atoms with Crippen LogP contribution in [0.15, 0.2) is 194 Å². The Kier molecular flexibility index (Phi) is 12.7. The standard InChI is InChI=1S/C81H75F3/c1-76(2,3)64-37-34-49(45-69(64)82)52-41-59(50-33-36-58-68(44-50)80(11,12)66-31-21-27-54(72(58)66)51-35-38-65(70(83)46-51)77(4,5)6)74-60(42-52)55-25-17-20-30-63(55)81(74,13)40-39-78(7,8)75-61(43-53(47-71(75)84)48-23-15-14-16-24-48)56-28-22-32-67-73(56)57-26-18-19-29-62(57)79(67,9)10/h14-38,41-47H,39-40H2,1-13H3. The van der Waals surface area contributed by atoms with Crippen molar-refractivity contribution in [1.29, 1.82) is 0 Å². The van der Waals surface area contributed by atoms with E-state index in [0.717, 1.165) is 83.5 Å². The summed E-state index contributed by atoms with van der Waals surface area (Å²) in [6.07, 6.45) is 1.37. The number of halogens is 3. The molecule has 1 atom stereocenters. The third-order valence-corrected chi connectivity index (χ3v) is 19.7. The van der Waals surface area contributed by atoms with Crippen LogP contribution in [0.25, 0.3) is 89.0 Å². The molecule has 10 aromatic carbocycles. The van der Waals surface area contributed by atoms with Gasteiger partial charge in [-0.25, -0.2) is 13.2 Å². The lowest BCUT2D eigenvalue weighted by atomic mass is 9.67. The Morgan fingerprint density at radius 1 is 0.321 bits per heavy atom. The van der Waals surface area contributed by atoms with Crippen molar-refractivity contribution in [2.24, 2.45) is 0 Å². The van der Waals surface area contributed by atoms with Gasteiger partial charge in [0.2, 0.25) is 0 Å². The summed E-state index contributed by atoms with van der Waals surface area (Å²) >= 11 is 0. The summed E-state index contributed by atoms with van der Waals surface area (Å²) < 4.78 is 50.6. The van der Waals surface area contributed by atoms with Gasteiger partial charge >= 0.3 is 0 Å². The van der Waals surface area contributed by atoms with Gasteiger partial charge in [-0.2, -0.15) is 0 Å². The van der Waals surface area contributed by atoms with E-state index in [1.54, 1.807) is 18.2 Å². The summed E-state index contributed by atoms with van der Waals surface area (Å²) in [6, 6.07) is 67.9. The van der Waals surface area contributed by atoms with Crippen LogP contribution >= 0.6 is 0 Å². The largest absolute Gasteiger partial charge is 0.207 e. The fraction of sp³-hybridized carbons (Fsp3) is 0.259. The number of fused-ring (bicyclic) bond motifs is 9. The molecule has 3 aliphatic carbocycles. The second kappa shape index (κ2) is 19.3. The van der Waals surface area contributed by atoms with Crippen molar-refractivity contribution in [1.82, 2.24) is 0 Å². The van der Waals surface area contributed by atoms with Crippen LogP contribution in [0, 0.1) is 17.5 Å². The summed E-state index contributed by atoms with van der Waals surface area (Å²) in [5, 5.41) is 0. The number of rotatable bonds is 9. The van der Waals surface area contributed by atoms with Gasteiger partial charge in [-0.15, -0.1) is 0 Å². The second-order valence-electron chi connectivity index (χ2n) is 28.4. The van der Waals surface area contributed by atoms with Crippen molar-refractivity contribution < 1.29 is 13.2 Å². The highest BCUT2D eigenvalue weighted by Crippen LogP contribution is 2.60. The monoisotopic (exact) mass is 1100 g/mol. The van der Waals surface area contributed by atoms with Gasteiger partial charge in [0.1, 0.15) is 17.5 Å². The summed E-state index contributed by atoms with van der Waals surface area (Å²) in [5.41, 5.74) is 23.5. The molecule has 0 heterocycles. The van der Waals surface area contributed by atoms with E-state index in [1.165, 1.54) is 44.5 Å². The first kappa shape index (κ1) is 55.2. The van der Waals surface area contributed by atoms with Gasteiger partial charge in [0, 0.05) is 21.8 Å². The van der Waals surface area contributed by atoms with Crippen LogP contribution in [-0.4, -0.2) is 0 Å². The Labute approximate surface area is 496 Å². The van der Waals surface area contributed by atoms with Gasteiger partial charge in [0.15, 0.2) is 0 Å². The van der Waals surface area contributed by atoms with E-state index in [2.05, 4.69) is 215 Å². The lowest BCUT2D eigenvalue weighted by molar-refractivity contribution is 0.386. The fourth-order valence-electron chi connectivity index (χ4n) is 15.2. The van der Waals surface area contributed by atoms with Gasteiger partial charge in [-0.1, -0.05) is 242 Å². The molecule has 0 nitrogen and oxygen atoms in total. The van der Waals surface area contributed by atoms with Gasteiger partial charge in [-0.05, 0) is 205 Å². The Bertz CT molecular complexity index is 4340. The van der Waals surface area contributed by atoms with Crippen LogP contribution in [0.4, 0.5) is 13.2 Å². The molecule has 0 amide bonds. The highest BCUT2D eigenvalue weighted by Gasteiger charge is 2.45. The molecule has 0 N–H and O–H groups in total. The third-order valence-electron chi connectivity index (χ3n) is 19.7. The molecule has 0 aliphatic heterocycles. The summed E-state index contributed by atoms with van der Waals surface area (Å²) in [4.78, 5) is 0. The maximum absolute atomic E-state index is 18.1. The maximum Gasteiger partial charge on any atom is 0.128 e. The van der Waals surface area contributed by atoms with Crippen molar-refractivity contribution in [3.8, 4) is 89.0 Å². The first-order valence-electron chi connectivity index (χ1n) is 30.1. The molecule has 0 saturated heterocycles. The Morgan fingerprint density at radius 2 is 0.786 bits per heavy atom. The molecule has 420 valence electrons. The Balaban J connectivity index is 0.982. The van der Waals surface area contributed by atoms with Crippen molar-refractivity contribution in [3.05, 3.63) is 262 Å². The molecule has 0 spiro atoms. The molecular weight excluding hydrogens is 1030 g/mol. The molecule has 0 radical (unpaired) electrons. The first-order chi connectivity index (χ1) is 39.8. The lowest BCUT2D eigenvalue weighted by Crippen LogP contribution is -2.28. The predicted octanol–water partition coefficient (Wildman–Crippen LogP) is 22.7. The highest BCUT2D eigenvalue weighted by molar-refractivity contribution is 5.98. The van der Waals surface area contributed by atoms with Crippen LogP contribution in [-0.2, 0) is 32.5 Å². The molecule has 0 aromatic heterocycles. The zero-order chi connectivity index (χ0) is 59.2. The van der Waals surface area contributed by atoms with Crippen molar-refractivity contribution in [3.63, 3.8) is 0 Å². The number of hydrogen-bond acceptors (Lipinski definition) is 0. The van der Waals surface area contributed by atoms with Crippen LogP contribution in [0.3, 0.4) is 0 Å². The molecule has 3 aliphatic rings. The minimum Gasteiger partial charge on any atom is -0.207 e. The molecule has 84 heavy (non-hydrogen) atoms. The van der Waals surface area contributed by atoms with Gasteiger partial charge in [0.05, 0.1) is 0 Å². The number of benzene rings is 10. The molecule has 13 rings (SSSR count). The van der Waals surface area contributed by atoms with Crippen molar-refractivity contribution in [2.75, 3.05) is 0 Å². The fourth-order valence-corrected chi connectivity index (χ4v) is 15.2. The molecular formula is C81H75F3. The molecule has 0 saturated carbocycles. The van der Waals surface area contributed by atoms with Crippen LogP contribution in [0.2, 0.25) is 0 Å². The Morgan fingerprint density at radius 3 is 1.44 bits per heavy atom. The third kappa shape index (κ3) is 8.61. The Hall–Kier alpha value is -8.01. The van der Waals surface area contributed by atoms with E-state index >= 15 is 13.2 Å². The molecule has 0 fully saturated rings. The minimum absolute atomic E-state index is 0.194. The van der Waals surface area contributed by atoms with E-state index in [4.69, 9.17) is 0 Å². The topological polar surface area (TPSA) is 0 Å². The SMILES string of the molecule is CC(C)(C)c1ccc(-c2cc(-c3ccc4c(c3)C(C)(C)c3cccc(-c5ccc(C(C)(C)C)c(F)c5)c3-4)c3c(c2)-c2ccccc2C3(C)CCC(C)(C)c2c(F)cc(-c3ccccc3)cc2-c2cccc3c2-c2ccccc2C3(C)C)cc1F. The molecule has 10 aromatic rings. The normalized spacial score (nSPS) is 16.2. The van der Waals surface area contributed by atoms with E-state index < -0.39 is 16.2 Å². The first-order valence-corrected chi connectivity index (χ1v) is 30.1. The van der Waals surface area contributed by atoms with Gasteiger partial charge in [0.25, 0.3) is 0 Å². The smallest absolute Gasteiger partial charge is 0.128 e. The molecule has 1 unspecified atom stereocenters. The van der Waals surface area contributed by atoms with Crippen LogP contribution in [0.1, 0.15) is 153 Å². The van der Waals surface area contributed by atoms with E-state index in [-0.39, 0.29) is 33.7 Å². The maximum atomic E-state index is 18.1. The lowest BCUT2D eigenvalue weighted by Gasteiger charge is -2.36. The van der Waals surface area contributed by atoms with E-state index in [1.807, 2.05) is 51.1 Å². The van der Waals surface area contributed by atoms with Gasteiger partial charge < -0.3 is 0 Å². The van der Waals surface area contributed by atoms with Crippen LogP contribution < -0.4 is 0 Å². The zero-order valence-corrected chi connectivity index (χ0v) is 51.0. The second-order valence-corrected chi connectivity index (χ2v) is 28.4.